The highest BCUT2D eigenvalue weighted by Crippen LogP contribution is 2.20. The summed E-state index contributed by atoms with van der Waals surface area (Å²) in [6.07, 6.45) is 5.61. The Kier molecular flexibility index (Phi) is 4.16. The van der Waals surface area contributed by atoms with Crippen molar-refractivity contribution in [2.75, 3.05) is 26.2 Å². The van der Waals surface area contributed by atoms with Gasteiger partial charge >= 0.3 is 0 Å². The molecule has 0 spiro atoms. The lowest BCUT2D eigenvalue weighted by atomic mass is 10.00. The second kappa shape index (κ2) is 6.22. The first kappa shape index (κ1) is 12.7. The van der Waals surface area contributed by atoms with Crippen molar-refractivity contribution in [3.63, 3.8) is 0 Å². The molecule has 1 atom stereocenters. The Balaban J connectivity index is 1.47. The van der Waals surface area contributed by atoms with E-state index in [0.717, 1.165) is 31.0 Å². The molecule has 1 aliphatic rings. The number of furan rings is 1. The van der Waals surface area contributed by atoms with Gasteiger partial charge in [-0.2, -0.15) is 0 Å². The van der Waals surface area contributed by atoms with Gasteiger partial charge in [0.2, 0.25) is 0 Å². The van der Waals surface area contributed by atoms with E-state index in [1.807, 2.05) is 18.4 Å². The van der Waals surface area contributed by atoms with Crippen molar-refractivity contribution in [3.8, 4) is 0 Å². The van der Waals surface area contributed by atoms with Gasteiger partial charge in [0.25, 0.3) is 0 Å². The third kappa shape index (κ3) is 3.17. The fourth-order valence-electron chi connectivity index (χ4n) is 2.85. The molecule has 2 heterocycles. The highest BCUT2D eigenvalue weighted by molar-refractivity contribution is 5.80. The van der Waals surface area contributed by atoms with Crippen LogP contribution < -0.4 is 10.6 Å². The maximum atomic E-state index is 5.56. The van der Waals surface area contributed by atoms with Crippen LogP contribution in [-0.4, -0.2) is 26.2 Å². The van der Waals surface area contributed by atoms with Gasteiger partial charge in [-0.3, -0.25) is 0 Å². The fourth-order valence-corrected chi connectivity index (χ4v) is 2.85. The fraction of sp³-hybridized carbons (Fsp3) is 0.500. The summed E-state index contributed by atoms with van der Waals surface area (Å²) in [5.74, 6) is 0.801. The van der Waals surface area contributed by atoms with Gasteiger partial charge < -0.3 is 15.1 Å². The average Bonchev–Trinajstić information content (AvgIpc) is 2.88. The quantitative estimate of drug-likeness (QED) is 0.809. The first-order valence-electron chi connectivity index (χ1n) is 7.30. The zero-order valence-electron chi connectivity index (χ0n) is 11.3. The van der Waals surface area contributed by atoms with Crippen LogP contribution in [0.1, 0.15) is 18.4 Å². The zero-order valence-corrected chi connectivity index (χ0v) is 11.3. The lowest BCUT2D eigenvalue weighted by Crippen LogP contribution is -2.36. The Morgan fingerprint density at radius 1 is 1.32 bits per heavy atom. The molecule has 1 aromatic carbocycles. The van der Waals surface area contributed by atoms with Crippen LogP contribution in [0, 0.1) is 5.92 Å². The molecule has 102 valence electrons. The molecular formula is C16H22N2O. The van der Waals surface area contributed by atoms with Gasteiger partial charge in [-0.25, -0.2) is 0 Å². The summed E-state index contributed by atoms with van der Waals surface area (Å²) in [5, 5.41) is 8.29. The number of hydrogen-bond donors (Lipinski definition) is 2. The van der Waals surface area contributed by atoms with Crippen LogP contribution in [0.4, 0.5) is 0 Å². The van der Waals surface area contributed by atoms with E-state index in [1.165, 1.54) is 36.9 Å². The minimum Gasteiger partial charge on any atom is -0.464 e. The average molecular weight is 258 g/mol. The van der Waals surface area contributed by atoms with Crippen molar-refractivity contribution in [2.24, 2.45) is 5.92 Å². The van der Waals surface area contributed by atoms with Crippen molar-refractivity contribution in [3.05, 3.63) is 36.1 Å². The zero-order chi connectivity index (χ0) is 12.9. The lowest BCUT2D eigenvalue weighted by Gasteiger charge is -2.22. The van der Waals surface area contributed by atoms with E-state index in [1.54, 1.807) is 0 Å². The number of benzene rings is 1. The van der Waals surface area contributed by atoms with Crippen LogP contribution in [0.25, 0.3) is 11.0 Å². The molecule has 3 nitrogen and oxygen atoms in total. The first-order valence-corrected chi connectivity index (χ1v) is 7.30. The third-order valence-corrected chi connectivity index (χ3v) is 3.96. The molecule has 1 aliphatic heterocycles. The standard InChI is InChI=1S/C16H22N2O/c1-2-6-16-15(5-1)14(12-19-16)7-9-18-11-13-4-3-8-17-10-13/h1-2,5-6,12-13,17-18H,3-4,7-11H2. The molecule has 0 radical (unpaired) electrons. The van der Waals surface area contributed by atoms with E-state index in [0.29, 0.717) is 0 Å². The van der Waals surface area contributed by atoms with E-state index in [-0.39, 0.29) is 0 Å². The summed E-state index contributed by atoms with van der Waals surface area (Å²) in [6, 6.07) is 8.26. The normalized spacial score (nSPS) is 19.9. The summed E-state index contributed by atoms with van der Waals surface area (Å²) >= 11 is 0. The van der Waals surface area contributed by atoms with Gasteiger partial charge in [-0.05, 0) is 63.0 Å². The Bertz CT molecular complexity index is 514. The highest BCUT2D eigenvalue weighted by Gasteiger charge is 2.12. The van der Waals surface area contributed by atoms with E-state index < -0.39 is 0 Å². The minimum absolute atomic E-state index is 0.801. The van der Waals surface area contributed by atoms with E-state index >= 15 is 0 Å². The van der Waals surface area contributed by atoms with Crippen LogP contribution in [0.15, 0.2) is 34.9 Å². The molecule has 19 heavy (non-hydrogen) atoms. The summed E-state index contributed by atoms with van der Waals surface area (Å²) in [7, 11) is 0. The lowest BCUT2D eigenvalue weighted by molar-refractivity contribution is 0.361. The molecule has 1 unspecified atom stereocenters. The number of para-hydroxylation sites is 1. The van der Waals surface area contributed by atoms with Crippen LogP contribution in [0.5, 0.6) is 0 Å². The number of nitrogens with one attached hydrogen (secondary N) is 2. The van der Waals surface area contributed by atoms with Gasteiger partial charge in [0.05, 0.1) is 6.26 Å². The van der Waals surface area contributed by atoms with Crippen molar-refractivity contribution in [1.29, 1.82) is 0 Å². The summed E-state index contributed by atoms with van der Waals surface area (Å²) < 4.78 is 5.56. The maximum absolute atomic E-state index is 5.56. The third-order valence-electron chi connectivity index (χ3n) is 3.96. The molecular weight excluding hydrogens is 236 g/mol. The first-order chi connectivity index (χ1) is 9.43. The summed E-state index contributed by atoms with van der Waals surface area (Å²) in [5.41, 5.74) is 2.30. The molecule has 0 bridgehead atoms. The predicted octanol–water partition coefficient (Wildman–Crippen LogP) is 2.56. The number of hydrogen-bond acceptors (Lipinski definition) is 3. The van der Waals surface area contributed by atoms with Crippen LogP contribution >= 0.6 is 0 Å². The second-order valence-electron chi connectivity index (χ2n) is 5.42. The predicted molar refractivity (Wildman–Crippen MR) is 78.4 cm³/mol. The molecule has 1 saturated heterocycles. The van der Waals surface area contributed by atoms with Crippen LogP contribution in [-0.2, 0) is 6.42 Å². The van der Waals surface area contributed by atoms with Crippen LogP contribution in [0.3, 0.4) is 0 Å². The SMILES string of the molecule is c1ccc2c(CCNCC3CCCNC3)coc2c1. The number of rotatable bonds is 5. The molecule has 1 fully saturated rings. The number of fused-ring (bicyclic) bond motifs is 1. The molecule has 1 aromatic heterocycles. The Hall–Kier alpha value is -1.32. The van der Waals surface area contributed by atoms with Gasteiger partial charge in [-0.1, -0.05) is 18.2 Å². The van der Waals surface area contributed by atoms with E-state index in [4.69, 9.17) is 4.42 Å². The van der Waals surface area contributed by atoms with Crippen LogP contribution in [0.2, 0.25) is 0 Å². The largest absolute Gasteiger partial charge is 0.464 e. The second-order valence-corrected chi connectivity index (χ2v) is 5.42. The highest BCUT2D eigenvalue weighted by atomic mass is 16.3. The molecule has 3 heteroatoms. The molecule has 0 amide bonds. The van der Waals surface area contributed by atoms with Crippen molar-refractivity contribution >= 4 is 11.0 Å². The Morgan fingerprint density at radius 3 is 3.16 bits per heavy atom. The van der Waals surface area contributed by atoms with E-state index in [2.05, 4.69) is 22.8 Å². The molecule has 0 aliphatic carbocycles. The van der Waals surface area contributed by atoms with Crippen molar-refractivity contribution in [2.45, 2.75) is 19.3 Å². The van der Waals surface area contributed by atoms with Gasteiger partial charge in [-0.15, -0.1) is 0 Å². The van der Waals surface area contributed by atoms with Gasteiger partial charge in [0.15, 0.2) is 0 Å². The van der Waals surface area contributed by atoms with E-state index in [9.17, 15) is 0 Å². The van der Waals surface area contributed by atoms with Crippen molar-refractivity contribution < 1.29 is 4.42 Å². The topological polar surface area (TPSA) is 37.2 Å². The summed E-state index contributed by atoms with van der Waals surface area (Å²) in [4.78, 5) is 0. The Labute approximate surface area is 114 Å². The number of piperidine rings is 1. The molecule has 0 saturated carbocycles. The summed E-state index contributed by atoms with van der Waals surface area (Å²) in [6.45, 7) is 4.52. The van der Waals surface area contributed by atoms with Gasteiger partial charge in [0.1, 0.15) is 5.58 Å². The maximum Gasteiger partial charge on any atom is 0.134 e. The minimum atomic E-state index is 0.801. The molecule has 2 aromatic rings. The Morgan fingerprint density at radius 2 is 2.26 bits per heavy atom. The molecule has 3 rings (SSSR count). The monoisotopic (exact) mass is 258 g/mol. The molecule has 2 N–H and O–H groups in total. The van der Waals surface area contributed by atoms with Crippen molar-refractivity contribution in [1.82, 2.24) is 10.6 Å². The van der Waals surface area contributed by atoms with Gasteiger partial charge in [0, 0.05) is 5.39 Å². The smallest absolute Gasteiger partial charge is 0.134 e.